The number of methoxy groups -OCH3 is 1. The summed E-state index contributed by atoms with van der Waals surface area (Å²) in [6, 6.07) is 7.07. The van der Waals surface area contributed by atoms with Crippen LogP contribution in [-0.2, 0) is 4.74 Å². The molecule has 2 aliphatic heterocycles. The van der Waals surface area contributed by atoms with Gasteiger partial charge in [0, 0.05) is 37.3 Å². The van der Waals surface area contributed by atoms with Gasteiger partial charge in [-0.3, -0.25) is 9.69 Å². The maximum absolute atomic E-state index is 13.4. The van der Waals surface area contributed by atoms with Crippen LogP contribution in [0.1, 0.15) is 16.8 Å². The summed E-state index contributed by atoms with van der Waals surface area (Å²) in [5.41, 5.74) is -0.161. The maximum atomic E-state index is 13.4. The summed E-state index contributed by atoms with van der Waals surface area (Å²) in [4.78, 5) is 30.3. The smallest absolute Gasteiger partial charge is 0.349 e. The molecule has 1 atom stereocenters. The van der Waals surface area contributed by atoms with Crippen LogP contribution in [0.15, 0.2) is 33.5 Å². The predicted molar refractivity (Wildman–Crippen MR) is 113 cm³/mol. The van der Waals surface area contributed by atoms with Gasteiger partial charge in [0.15, 0.2) is 11.3 Å². The number of carbonyl (C=O) groups excluding carboxylic acids is 1. The average molecular weight is 419 g/mol. The van der Waals surface area contributed by atoms with Crippen LogP contribution < -0.4 is 10.4 Å². The largest absolute Gasteiger partial charge is 0.493 e. The lowest BCUT2D eigenvalue weighted by Gasteiger charge is -2.35. The molecule has 4 rings (SSSR count). The highest BCUT2D eigenvalue weighted by Crippen LogP contribution is 2.26. The lowest BCUT2D eigenvalue weighted by atomic mass is 10.1. The lowest BCUT2D eigenvalue weighted by Crippen LogP contribution is -2.51. The lowest BCUT2D eigenvalue weighted by molar-refractivity contribution is 0.0244. The van der Waals surface area contributed by atoms with Crippen molar-refractivity contribution < 1.29 is 18.7 Å². The van der Waals surface area contributed by atoms with Gasteiger partial charge in [-0.2, -0.15) is 11.8 Å². The number of nitrogens with zero attached hydrogens (tertiary/aromatic N) is 2. The Morgan fingerprint density at radius 1 is 1.28 bits per heavy atom. The highest BCUT2D eigenvalue weighted by molar-refractivity contribution is 7.99. The van der Waals surface area contributed by atoms with E-state index in [1.165, 1.54) is 7.11 Å². The number of carbonyl (C=O) groups is 1. The third-order valence-corrected chi connectivity index (χ3v) is 6.64. The van der Waals surface area contributed by atoms with E-state index in [2.05, 4.69) is 4.90 Å². The summed E-state index contributed by atoms with van der Waals surface area (Å²) in [6.45, 7) is 4.65. The highest BCUT2D eigenvalue weighted by Gasteiger charge is 2.30. The van der Waals surface area contributed by atoms with Gasteiger partial charge < -0.3 is 18.8 Å². The molecule has 0 N–H and O–H groups in total. The quantitative estimate of drug-likeness (QED) is 0.704. The Morgan fingerprint density at radius 3 is 2.90 bits per heavy atom. The van der Waals surface area contributed by atoms with Crippen molar-refractivity contribution in [1.29, 1.82) is 0 Å². The van der Waals surface area contributed by atoms with Crippen LogP contribution in [-0.4, -0.2) is 79.8 Å². The van der Waals surface area contributed by atoms with Crippen molar-refractivity contribution in [3.05, 3.63) is 40.2 Å². The molecule has 29 heavy (non-hydrogen) atoms. The molecule has 0 spiro atoms. The maximum Gasteiger partial charge on any atom is 0.349 e. The SMILES string of the molecule is COc1cccc2cc(C(=O)N3CCCSC[C@H]3CN3CCOCC3)c(=O)oc12. The van der Waals surface area contributed by atoms with Crippen molar-refractivity contribution in [2.75, 3.05) is 58.0 Å². The second-order valence-electron chi connectivity index (χ2n) is 7.32. The molecular weight excluding hydrogens is 392 g/mol. The van der Waals surface area contributed by atoms with Gasteiger partial charge >= 0.3 is 5.63 Å². The first-order valence-electron chi connectivity index (χ1n) is 9.97. The Bertz CT molecular complexity index is 925. The summed E-state index contributed by atoms with van der Waals surface area (Å²) in [5.74, 6) is 2.13. The Morgan fingerprint density at radius 2 is 2.10 bits per heavy atom. The van der Waals surface area contributed by atoms with Gasteiger partial charge in [0.1, 0.15) is 5.56 Å². The fraction of sp³-hybridized carbons (Fsp3) is 0.524. The van der Waals surface area contributed by atoms with Gasteiger partial charge in [-0.25, -0.2) is 4.79 Å². The molecular formula is C21H26N2O5S. The third kappa shape index (κ3) is 4.44. The minimum atomic E-state index is -0.617. The highest BCUT2D eigenvalue weighted by atomic mass is 32.2. The summed E-state index contributed by atoms with van der Waals surface area (Å²) in [5, 5.41) is 0.682. The monoisotopic (exact) mass is 418 g/mol. The van der Waals surface area contributed by atoms with Crippen LogP contribution in [0.5, 0.6) is 5.75 Å². The van der Waals surface area contributed by atoms with E-state index in [4.69, 9.17) is 13.9 Å². The molecule has 7 nitrogen and oxygen atoms in total. The van der Waals surface area contributed by atoms with Crippen LogP contribution in [0, 0.1) is 0 Å². The van der Waals surface area contributed by atoms with Gasteiger partial charge in [0.05, 0.1) is 26.4 Å². The first-order chi connectivity index (χ1) is 14.2. The number of benzene rings is 1. The Kier molecular flexibility index (Phi) is 6.42. The van der Waals surface area contributed by atoms with Crippen molar-refractivity contribution in [2.45, 2.75) is 12.5 Å². The van der Waals surface area contributed by atoms with Crippen molar-refractivity contribution in [3.8, 4) is 5.75 Å². The van der Waals surface area contributed by atoms with E-state index in [-0.39, 0.29) is 17.5 Å². The van der Waals surface area contributed by atoms with Crippen LogP contribution in [0.4, 0.5) is 0 Å². The van der Waals surface area contributed by atoms with E-state index in [0.717, 1.165) is 50.8 Å². The molecule has 0 radical (unpaired) electrons. The van der Waals surface area contributed by atoms with E-state index in [9.17, 15) is 9.59 Å². The van der Waals surface area contributed by atoms with Crippen molar-refractivity contribution >= 4 is 28.6 Å². The van der Waals surface area contributed by atoms with Crippen LogP contribution in [0.25, 0.3) is 11.0 Å². The molecule has 2 saturated heterocycles. The van der Waals surface area contributed by atoms with Crippen molar-refractivity contribution in [2.24, 2.45) is 0 Å². The summed E-state index contributed by atoms with van der Waals surface area (Å²) in [7, 11) is 1.53. The number of hydrogen-bond acceptors (Lipinski definition) is 7. The van der Waals surface area contributed by atoms with E-state index < -0.39 is 5.63 Å². The minimum absolute atomic E-state index is 0.0634. The molecule has 0 unspecified atom stereocenters. The number of fused-ring (bicyclic) bond motifs is 1. The molecule has 2 aromatic rings. The number of hydrogen-bond donors (Lipinski definition) is 0. The van der Waals surface area contributed by atoms with Crippen LogP contribution in [0.3, 0.4) is 0 Å². The number of ether oxygens (including phenoxy) is 2. The van der Waals surface area contributed by atoms with Crippen LogP contribution in [0.2, 0.25) is 0 Å². The van der Waals surface area contributed by atoms with E-state index in [0.29, 0.717) is 23.3 Å². The number of thioether (sulfide) groups is 1. The predicted octanol–water partition coefficient (Wildman–Crippen LogP) is 2.08. The Labute approximate surface area is 173 Å². The van der Waals surface area contributed by atoms with Gasteiger partial charge in [-0.15, -0.1) is 0 Å². The Balaban J connectivity index is 1.63. The number of para-hydroxylation sites is 1. The molecule has 0 saturated carbocycles. The molecule has 1 amide bonds. The zero-order chi connectivity index (χ0) is 20.2. The standard InChI is InChI=1S/C21H26N2O5S/c1-26-18-5-2-4-15-12-17(21(25)28-19(15)18)20(24)23-6-3-11-29-14-16(23)13-22-7-9-27-10-8-22/h2,4-5,12,16H,3,6-11,13-14H2,1H3/t16-/m1/s1. The average Bonchev–Trinajstić information content (AvgIpc) is 2.98. The van der Waals surface area contributed by atoms with Gasteiger partial charge in [0.2, 0.25) is 0 Å². The summed E-state index contributed by atoms with van der Waals surface area (Å²) >= 11 is 1.87. The van der Waals surface area contributed by atoms with E-state index >= 15 is 0 Å². The zero-order valence-corrected chi connectivity index (χ0v) is 17.4. The number of amides is 1. The Hall–Kier alpha value is -2.03. The number of rotatable bonds is 4. The molecule has 3 heterocycles. The molecule has 1 aromatic heterocycles. The fourth-order valence-corrected chi connectivity index (χ4v) is 4.97. The molecule has 2 aliphatic rings. The minimum Gasteiger partial charge on any atom is -0.493 e. The van der Waals surface area contributed by atoms with E-state index in [1.807, 2.05) is 28.8 Å². The zero-order valence-electron chi connectivity index (χ0n) is 16.6. The second-order valence-corrected chi connectivity index (χ2v) is 8.47. The molecule has 1 aromatic carbocycles. The third-order valence-electron chi connectivity index (χ3n) is 5.45. The fourth-order valence-electron chi connectivity index (χ4n) is 3.91. The van der Waals surface area contributed by atoms with Crippen LogP contribution >= 0.6 is 11.8 Å². The molecule has 0 aliphatic carbocycles. The number of morpholine rings is 1. The van der Waals surface area contributed by atoms with Crippen molar-refractivity contribution in [1.82, 2.24) is 9.80 Å². The normalized spacial score (nSPS) is 21.1. The molecule has 2 fully saturated rings. The summed E-state index contributed by atoms with van der Waals surface area (Å²) in [6.07, 6.45) is 0.919. The van der Waals surface area contributed by atoms with Crippen molar-refractivity contribution in [3.63, 3.8) is 0 Å². The summed E-state index contributed by atoms with van der Waals surface area (Å²) < 4.78 is 16.2. The first-order valence-corrected chi connectivity index (χ1v) is 11.1. The van der Waals surface area contributed by atoms with Gasteiger partial charge in [-0.1, -0.05) is 12.1 Å². The van der Waals surface area contributed by atoms with Gasteiger partial charge in [-0.05, 0) is 24.3 Å². The molecule has 0 bridgehead atoms. The van der Waals surface area contributed by atoms with E-state index in [1.54, 1.807) is 12.1 Å². The molecule has 8 heteroatoms. The van der Waals surface area contributed by atoms with Gasteiger partial charge in [0.25, 0.3) is 5.91 Å². The second kappa shape index (κ2) is 9.19. The molecule has 156 valence electrons. The topological polar surface area (TPSA) is 72.2 Å². The first kappa shape index (κ1) is 20.3.